The van der Waals surface area contributed by atoms with Gasteiger partial charge in [0.05, 0.1) is 16.2 Å². The Kier molecular flexibility index (Phi) is 4.71. The van der Waals surface area contributed by atoms with Gasteiger partial charge in [0.2, 0.25) is 0 Å². The van der Waals surface area contributed by atoms with Crippen LogP contribution in [0, 0.1) is 6.92 Å². The average Bonchev–Trinajstić information content (AvgIpc) is 3.02. The van der Waals surface area contributed by atoms with Gasteiger partial charge < -0.3 is 10.4 Å². The van der Waals surface area contributed by atoms with Gasteiger partial charge in [-0.1, -0.05) is 48.5 Å². The molecule has 0 atom stereocenters. The maximum absolute atomic E-state index is 12.4. The molecule has 2 N–H and O–H groups in total. The molecule has 0 spiro atoms. The van der Waals surface area contributed by atoms with Crippen molar-refractivity contribution in [2.45, 2.75) is 6.92 Å². The minimum atomic E-state index is -1.01. The highest BCUT2D eigenvalue weighted by atomic mass is 32.2. The van der Waals surface area contributed by atoms with Crippen LogP contribution in [-0.4, -0.2) is 22.2 Å². The highest BCUT2D eigenvalue weighted by Crippen LogP contribution is 2.31. The van der Waals surface area contributed by atoms with Gasteiger partial charge in [-0.15, -0.1) is 0 Å². The number of aliphatic imine (C=N–C) groups is 1. The molecule has 1 aliphatic rings. The van der Waals surface area contributed by atoms with Crippen LogP contribution in [0.1, 0.15) is 21.5 Å². The molecule has 0 radical (unpaired) electrons. The smallest absolute Gasteiger partial charge is 0.335 e. The molecule has 6 heteroatoms. The van der Waals surface area contributed by atoms with Gasteiger partial charge in [-0.25, -0.2) is 9.79 Å². The van der Waals surface area contributed by atoms with Crippen LogP contribution < -0.4 is 5.32 Å². The monoisotopic (exact) mass is 388 g/mol. The van der Waals surface area contributed by atoms with E-state index in [-0.39, 0.29) is 11.5 Å². The predicted octanol–water partition coefficient (Wildman–Crippen LogP) is 4.74. The number of amidine groups is 1. The van der Waals surface area contributed by atoms with Crippen LogP contribution in [0.25, 0.3) is 16.8 Å². The fourth-order valence-corrected chi connectivity index (χ4v) is 3.80. The molecule has 0 saturated carbocycles. The summed E-state index contributed by atoms with van der Waals surface area (Å²) in [6.07, 6.45) is 1.85. The Hall–Kier alpha value is -3.38. The molecular formula is C22H16N2O3S. The number of fused-ring (bicyclic) bond motifs is 1. The molecule has 138 valence electrons. The lowest BCUT2D eigenvalue weighted by molar-refractivity contribution is -0.115. The molecule has 3 aromatic carbocycles. The first-order chi connectivity index (χ1) is 13.5. The number of aryl methyl sites for hydroxylation is 1. The number of hydrogen-bond acceptors (Lipinski definition) is 4. The van der Waals surface area contributed by atoms with Crippen molar-refractivity contribution in [1.82, 2.24) is 5.32 Å². The molecule has 28 heavy (non-hydrogen) atoms. The third-order valence-electron chi connectivity index (χ3n) is 4.44. The number of amides is 1. The molecule has 0 aromatic heterocycles. The zero-order chi connectivity index (χ0) is 19.7. The van der Waals surface area contributed by atoms with E-state index in [9.17, 15) is 9.59 Å². The van der Waals surface area contributed by atoms with Gasteiger partial charge in [0.1, 0.15) is 0 Å². The molecule has 1 fully saturated rings. The second-order valence-corrected chi connectivity index (χ2v) is 7.39. The van der Waals surface area contributed by atoms with Crippen molar-refractivity contribution in [2.24, 2.45) is 4.99 Å². The fourth-order valence-electron chi connectivity index (χ4n) is 2.97. The van der Waals surface area contributed by atoms with E-state index in [0.29, 0.717) is 15.8 Å². The molecule has 1 heterocycles. The van der Waals surface area contributed by atoms with Crippen LogP contribution in [0.2, 0.25) is 0 Å². The average molecular weight is 388 g/mol. The normalized spacial score (nSPS) is 16.7. The number of carboxylic acid groups (broad SMARTS) is 1. The second kappa shape index (κ2) is 7.32. The predicted molar refractivity (Wildman–Crippen MR) is 113 cm³/mol. The quantitative estimate of drug-likeness (QED) is 0.636. The van der Waals surface area contributed by atoms with Gasteiger partial charge in [0.25, 0.3) is 5.91 Å². The summed E-state index contributed by atoms with van der Waals surface area (Å²) in [6.45, 7) is 1.85. The lowest BCUT2D eigenvalue weighted by atomic mass is 10.0. The van der Waals surface area contributed by atoms with Crippen LogP contribution in [0.5, 0.6) is 0 Å². The van der Waals surface area contributed by atoms with Gasteiger partial charge >= 0.3 is 5.97 Å². The molecule has 4 rings (SSSR count). The summed E-state index contributed by atoms with van der Waals surface area (Å²) in [7, 11) is 0. The number of benzene rings is 3. The van der Waals surface area contributed by atoms with Crippen LogP contribution >= 0.6 is 11.8 Å². The minimum Gasteiger partial charge on any atom is -0.478 e. The van der Waals surface area contributed by atoms with Gasteiger partial charge in [0, 0.05) is 0 Å². The highest BCUT2D eigenvalue weighted by molar-refractivity contribution is 8.18. The van der Waals surface area contributed by atoms with Crippen LogP contribution in [0.4, 0.5) is 5.69 Å². The maximum Gasteiger partial charge on any atom is 0.335 e. The largest absolute Gasteiger partial charge is 0.478 e. The van der Waals surface area contributed by atoms with E-state index in [1.807, 2.05) is 55.5 Å². The molecule has 0 unspecified atom stereocenters. The van der Waals surface area contributed by atoms with Gasteiger partial charge in [-0.3, -0.25) is 4.79 Å². The summed E-state index contributed by atoms with van der Waals surface area (Å²) in [5, 5.41) is 14.5. The van der Waals surface area contributed by atoms with Gasteiger partial charge in [-0.2, -0.15) is 0 Å². The molecule has 3 aromatic rings. The number of aromatic carboxylic acids is 1. The minimum absolute atomic E-state index is 0.158. The summed E-state index contributed by atoms with van der Waals surface area (Å²) >= 11 is 1.24. The molecule has 1 aliphatic heterocycles. The number of nitrogens with zero attached hydrogens (tertiary/aromatic N) is 1. The molecule has 5 nitrogen and oxygen atoms in total. The van der Waals surface area contributed by atoms with E-state index in [1.54, 1.807) is 6.07 Å². The fraction of sp³-hybridized carbons (Fsp3) is 0.0455. The third kappa shape index (κ3) is 3.54. The van der Waals surface area contributed by atoms with Crippen molar-refractivity contribution in [3.63, 3.8) is 0 Å². The van der Waals surface area contributed by atoms with Crippen LogP contribution in [0.15, 0.2) is 70.6 Å². The van der Waals surface area contributed by atoms with Crippen molar-refractivity contribution in [1.29, 1.82) is 0 Å². The number of carboxylic acids is 1. The molecule has 1 amide bonds. The van der Waals surface area contributed by atoms with Crippen molar-refractivity contribution < 1.29 is 14.7 Å². The van der Waals surface area contributed by atoms with E-state index >= 15 is 0 Å². The summed E-state index contributed by atoms with van der Waals surface area (Å²) in [6, 6.07) is 18.7. The topological polar surface area (TPSA) is 78.8 Å². The Morgan fingerprint density at radius 3 is 2.71 bits per heavy atom. The summed E-state index contributed by atoms with van der Waals surface area (Å²) in [4.78, 5) is 28.6. The first-order valence-corrected chi connectivity index (χ1v) is 9.44. The maximum atomic E-state index is 12.4. The third-order valence-corrected chi connectivity index (χ3v) is 5.35. The first-order valence-electron chi connectivity index (χ1n) is 8.62. The van der Waals surface area contributed by atoms with Crippen molar-refractivity contribution in [2.75, 3.05) is 0 Å². The molecular weight excluding hydrogens is 372 g/mol. The van der Waals surface area contributed by atoms with Crippen LogP contribution in [0.3, 0.4) is 0 Å². The number of hydrogen-bond donors (Lipinski definition) is 2. The SMILES string of the molecule is Cc1ccc(C(=O)O)cc1N=C1NC(=O)/C(=C/c2cccc3ccccc23)S1. The summed E-state index contributed by atoms with van der Waals surface area (Å²) < 4.78 is 0. The number of nitrogens with one attached hydrogen (secondary N) is 1. The van der Waals surface area contributed by atoms with E-state index < -0.39 is 5.97 Å². The standard InChI is InChI=1S/C22H16N2O3S/c1-13-9-10-16(21(26)27)11-18(13)23-22-24-20(25)19(28-22)12-15-7-4-6-14-5-2-3-8-17(14)15/h2-12H,1H3,(H,26,27)(H,23,24,25)/b19-12-. The van der Waals surface area contributed by atoms with E-state index in [1.165, 1.54) is 23.9 Å². The van der Waals surface area contributed by atoms with Gasteiger partial charge in [-0.05, 0) is 58.8 Å². The number of thioether (sulfide) groups is 1. The Labute approximate surface area is 165 Å². The second-order valence-electron chi connectivity index (χ2n) is 6.36. The Balaban J connectivity index is 1.68. The lowest BCUT2D eigenvalue weighted by Gasteiger charge is -2.03. The van der Waals surface area contributed by atoms with Crippen LogP contribution in [-0.2, 0) is 4.79 Å². The zero-order valence-electron chi connectivity index (χ0n) is 15.0. The first kappa shape index (κ1) is 18.0. The van der Waals surface area contributed by atoms with E-state index in [2.05, 4.69) is 10.3 Å². The molecule has 0 aliphatic carbocycles. The Morgan fingerprint density at radius 1 is 1.11 bits per heavy atom. The molecule has 1 saturated heterocycles. The van der Waals surface area contributed by atoms with E-state index in [4.69, 9.17) is 5.11 Å². The number of carbonyl (C=O) groups is 2. The van der Waals surface area contributed by atoms with Crippen molar-refractivity contribution >= 4 is 51.3 Å². The summed E-state index contributed by atoms with van der Waals surface area (Å²) in [5.41, 5.74) is 2.47. The number of carbonyl (C=O) groups excluding carboxylic acids is 1. The Morgan fingerprint density at radius 2 is 1.89 bits per heavy atom. The van der Waals surface area contributed by atoms with Crippen molar-refractivity contribution in [3.05, 3.63) is 82.3 Å². The van der Waals surface area contributed by atoms with E-state index in [0.717, 1.165) is 21.9 Å². The highest BCUT2D eigenvalue weighted by Gasteiger charge is 2.24. The summed E-state index contributed by atoms with van der Waals surface area (Å²) in [5.74, 6) is -1.23. The van der Waals surface area contributed by atoms with Gasteiger partial charge in [0.15, 0.2) is 5.17 Å². The Bertz CT molecular complexity index is 1180. The number of rotatable bonds is 3. The lowest BCUT2D eigenvalue weighted by Crippen LogP contribution is -2.19. The molecule has 0 bridgehead atoms. The zero-order valence-corrected chi connectivity index (χ0v) is 15.8. The van der Waals surface area contributed by atoms with Crippen molar-refractivity contribution in [3.8, 4) is 0 Å².